The predicted molar refractivity (Wildman–Crippen MR) is 258 cm³/mol. The molecular formula is C55H68N4. The summed E-state index contributed by atoms with van der Waals surface area (Å²) in [6, 6.07) is 35.4. The van der Waals surface area contributed by atoms with E-state index in [1.54, 1.807) is 0 Å². The van der Waals surface area contributed by atoms with Crippen LogP contribution in [0.5, 0.6) is 0 Å². The number of hydrogen-bond acceptors (Lipinski definition) is 4. The van der Waals surface area contributed by atoms with Crippen LogP contribution in [0.3, 0.4) is 0 Å². The Morgan fingerprint density at radius 1 is 0.424 bits per heavy atom. The molecule has 308 valence electrons. The Kier molecular flexibility index (Phi) is 11.5. The number of benzene rings is 6. The summed E-state index contributed by atoms with van der Waals surface area (Å²) in [4.78, 5) is 10.6. The molecule has 0 saturated carbocycles. The van der Waals surface area contributed by atoms with Crippen molar-refractivity contribution < 1.29 is 0 Å². The maximum absolute atomic E-state index is 2.70. The van der Waals surface area contributed by atoms with Crippen molar-refractivity contribution in [3.05, 3.63) is 141 Å². The summed E-state index contributed by atoms with van der Waals surface area (Å²) in [6.45, 7) is 31.6. The zero-order chi connectivity index (χ0) is 41.7. The molecule has 6 aromatic rings. The highest BCUT2D eigenvalue weighted by molar-refractivity contribution is 5.99. The first kappa shape index (κ1) is 40.8. The number of fused-ring (bicyclic) bond motifs is 2. The molecule has 0 bridgehead atoms. The SMILES string of the molecule is Cc1cc2ccc(C)c(N3CCN(c4c(C)ccc5ccc(CCC(C)c6cccc(C(C)C)c6N6CCN(c7c(C(C)C)cccc7C(C)C)C6)cc45)C3)c2cc1C. The molecule has 2 fully saturated rings. The molecule has 6 aromatic carbocycles. The van der Waals surface area contributed by atoms with Gasteiger partial charge in [0.05, 0.1) is 13.3 Å². The van der Waals surface area contributed by atoms with Gasteiger partial charge in [0.25, 0.3) is 0 Å². The standard InChI is InChI=1S/C55H68N4/c1-35(2)46-14-12-15-47(36(3)4)54(46)58-28-29-59(34-58)55-48(37(5)6)16-13-17-49(55)38(7)18-21-43-22-25-44-23-19-39(8)53(51(44)32-43)57-27-26-56(33-57)52-40(9)20-24-45-30-41(10)42(11)31-50(45)52/h12-17,19-20,22-25,30-32,35-38H,18,21,26-29,33-34H2,1-11H3. The molecule has 0 aliphatic carbocycles. The average molecular weight is 785 g/mol. The van der Waals surface area contributed by atoms with Gasteiger partial charge in [-0.3, -0.25) is 0 Å². The largest absolute Gasteiger partial charge is 0.352 e. The third-order valence-electron chi connectivity index (χ3n) is 13.8. The van der Waals surface area contributed by atoms with Crippen molar-refractivity contribution >= 4 is 44.3 Å². The molecule has 0 spiro atoms. The minimum Gasteiger partial charge on any atom is -0.352 e. The van der Waals surface area contributed by atoms with E-state index < -0.39 is 0 Å². The van der Waals surface area contributed by atoms with Crippen molar-refractivity contribution in [2.75, 3.05) is 59.1 Å². The van der Waals surface area contributed by atoms with Crippen LogP contribution in [0.1, 0.15) is 129 Å². The second-order valence-electron chi connectivity index (χ2n) is 19.0. The smallest absolute Gasteiger partial charge is 0.0904 e. The van der Waals surface area contributed by atoms with Gasteiger partial charge in [-0.15, -0.1) is 0 Å². The van der Waals surface area contributed by atoms with Gasteiger partial charge in [0.1, 0.15) is 0 Å². The summed E-state index contributed by atoms with van der Waals surface area (Å²) >= 11 is 0. The Labute approximate surface area is 355 Å². The number of aryl methyl sites for hydroxylation is 5. The topological polar surface area (TPSA) is 13.0 Å². The number of hydrogen-bond donors (Lipinski definition) is 0. The van der Waals surface area contributed by atoms with Gasteiger partial charge >= 0.3 is 0 Å². The van der Waals surface area contributed by atoms with Crippen LogP contribution in [-0.2, 0) is 6.42 Å². The molecule has 2 saturated heterocycles. The fourth-order valence-corrected chi connectivity index (χ4v) is 10.3. The van der Waals surface area contributed by atoms with E-state index >= 15 is 0 Å². The van der Waals surface area contributed by atoms with Crippen molar-refractivity contribution in [2.45, 2.75) is 113 Å². The summed E-state index contributed by atoms with van der Waals surface area (Å²) in [5, 5.41) is 5.44. The minimum absolute atomic E-state index is 0.433. The Balaban J connectivity index is 1.05. The quantitative estimate of drug-likeness (QED) is 0.130. The second-order valence-corrected chi connectivity index (χ2v) is 19.0. The molecule has 0 aromatic heterocycles. The van der Waals surface area contributed by atoms with Crippen molar-refractivity contribution in [1.29, 1.82) is 0 Å². The van der Waals surface area contributed by atoms with Crippen LogP contribution in [0.15, 0.2) is 91.0 Å². The first-order valence-corrected chi connectivity index (χ1v) is 22.6. The highest BCUT2D eigenvalue weighted by Crippen LogP contribution is 2.42. The maximum Gasteiger partial charge on any atom is 0.0904 e. The van der Waals surface area contributed by atoms with Crippen LogP contribution in [0.2, 0.25) is 0 Å². The average Bonchev–Trinajstić information content (AvgIpc) is 3.90. The number of nitrogens with zero attached hydrogens (tertiary/aromatic N) is 4. The molecule has 2 heterocycles. The van der Waals surface area contributed by atoms with E-state index in [4.69, 9.17) is 0 Å². The summed E-state index contributed by atoms with van der Waals surface area (Å²) in [7, 11) is 0. The van der Waals surface area contributed by atoms with E-state index in [2.05, 4.69) is 187 Å². The summed E-state index contributed by atoms with van der Waals surface area (Å²) in [5.41, 5.74) is 18.5. The first-order valence-electron chi connectivity index (χ1n) is 22.6. The summed E-state index contributed by atoms with van der Waals surface area (Å²) < 4.78 is 0. The molecule has 4 nitrogen and oxygen atoms in total. The van der Waals surface area contributed by atoms with E-state index in [9.17, 15) is 0 Å². The van der Waals surface area contributed by atoms with Crippen LogP contribution in [0, 0.1) is 27.7 Å². The van der Waals surface area contributed by atoms with Gasteiger partial charge in [-0.1, -0.05) is 127 Å². The van der Waals surface area contributed by atoms with Crippen molar-refractivity contribution in [2.24, 2.45) is 0 Å². The number of para-hydroxylation sites is 2. The van der Waals surface area contributed by atoms with Crippen LogP contribution in [-0.4, -0.2) is 39.5 Å². The Hall–Kier alpha value is -4.96. The molecule has 8 rings (SSSR count). The highest BCUT2D eigenvalue weighted by Gasteiger charge is 2.30. The number of anilines is 4. The van der Waals surface area contributed by atoms with Gasteiger partial charge in [-0.2, -0.15) is 0 Å². The van der Waals surface area contributed by atoms with E-state index in [0.29, 0.717) is 23.7 Å². The molecular weight excluding hydrogens is 717 g/mol. The van der Waals surface area contributed by atoms with E-state index in [-0.39, 0.29) is 0 Å². The second kappa shape index (κ2) is 16.6. The van der Waals surface area contributed by atoms with Gasteiger partial charge in [-0.25, -0.2) is 0 Å². The van der Waals surface area contributed by atoms with Crippen molar-refractivity contribution in [3.63, 3.8) is 0 Å². The molecule has 0 N–H and O–H groups in total. The number of rotatable bonds is 11. The molecule has 1 unspecified atom stereocenters. The fourth-order valence-electron chi connectivity index (χ4n) is 10.3. The summed E-state index contributed by atoms with van der Waals surface area (Å²) in [6.07, 6.45) is 2.17. The zero-order valence-corrected chi connectivity index (χ0v) is 37.9. The molecule has 2 aliphatic rings. The fraction of sp³-hybridized carbons (Fsp3) is 0.418. The van der Waals surface area contributed by atoms with Gasteiger partial charge in [-0.05, 0) is 137 Å². The van der Waals surface area contributed by atoms with E-state index in [1.165, 1.54) is 94.4 Å². The normalized spacial score (nSPS) is 15.4. The lowest BCUT2D eigenvalue weighted by molar-refractivity contribution is 0.674. The van der Waals surface area contributed by atoms with Gasteiger partial charge in [0.2, 0.25) is 0 Å². The minimum atomic E-state index is 0.433. The lowest BCUT2D eigenvalue weighted by Crippen LogP contribution is -2.28. The predicted octanol–water partition coefficient (Wildman–Crippen LogP) is 13.9. The lowest BCUT2D eigenvalue weighted by atomic mass is 9.88. The van der Waals surface area contributed by atoms with Crippen LogP contribution in [0.25, 0.3) is 21.5 Å². The molecule has 2 aliphatic heterocycles. The van der Waals surface area contributed by atoms with E-state index in [1.807, 2.05) is 0 Å². The molecule has 0 amide bonds. The van der Waals surface area contributed by atoms with Crippen molar-refractivity contribution in [3.8, 4) is 0 Å². The third kappa shape index (κ3) is 7.81. The van der Waals surface area contributed by atoms with Crippen LogP contribution < -0.4 is 19.6 Å². The summed E-state index contributed by atoms with van der Waals surface area (Å²) in [5.74, 6) is 1.87. The van der Waals surface area contributed by atoms with Crippen LogP contribution >= 0.6 is 0 Å². The Bertz CT molecular complexity index is 2460. The first-order chi connectivity index (χ1) is 28.3. The lowest BCUT2D eigenvalue weighted by Gasteiger charge is -2.31. The highest BCUT2D eigenvalue weighted by atomic mass is 15.4. The van der Waals surface area contributed by atoms with Gasteiger partial charge in [0.15, 0.2) is 0 Å². The van der Waals surface area contributed by atoms with Crippen molar-refractivity contribution in [1.82, 2.24) is 0 Å². The zero-order valence-electron chi connectivity index (χ0n) is 37.9. The molecule has 0 radical (unpaired) electrons. The third-order valence-corrected chi connectivity index (χ3v) is 13.8. The van der Waals surface area contributed by atoms with Crippen LogP contribution in [0.4, 0.5) is 22.7 Å². The maximum atomic E-state index is 2.70. The van der Waals surface area contributed by atoms with E-state index in [0.717, 1.165) is 52.4 Å². The Morgan fingerprint density at radius 3 is 1.37 bits per heavy atom. The monoisotopic (exact) mass is 785 g/mol. The molecule has 1 atom stereocenters. The molecule has 4 heteroatoms. The van der Waals surface area contributed by atoms with Gasteiger partial charge in [0, 0.05) is 59.7 Å². The Morgan fingerprint density at radius 2 is 0.847 bits per heavy atom. The molecule has 59 heavy (non-hydrogen) atoms. The van der Waals surface area contributed by atoms with Gasteiger partial charge < -0.3 is 19.6 Å².